The third-order valence-electron chi connectivity index (χ3n) is 4.99. The first-order valence-corrected chi connectivity index (χ1v) is 10.9. The van der Waals surface area contributed by atoms with Gasteiger partial charge in [-0.25, -0.2) is 4.39 Å². The number of anilines is 2. The van der Waals surface area contributed by atoms with Gasteiger partial charge in [0.25, 0.3) is 5.91 Å². The zero-order chi connectivity index (χ0) is 21.3. The number of halogens is 1. The van der Waals surface area contributed by atoms with Crippen LogP contribution in [0.3, 0.4) is 0 Å². The molecule has 0 saturated carbocycles. The zero-order valence-corrected chi connectivity index (χ0v) is 18.1. The maximum atomic E-state index is 14.6. The van der Waals surface area contributed by atoms with Gasteiger partial charge in [-0.05, 0) is 74.3 Å². The smallest absolute Gasteiger partial charge is 0.257 e. The Hall–Kier alpha value is -2.67. The van der Waals surface area contributed by atoms with Gasteiger partial charge in [-0.3, -0.25) is 10.1 Å². The molecule has 2 aromatic rings. The number of carbonyl (C=O) groups is 1. The summed E-state index contributed by atoms with van der Waals surface area (Å²) in [6, 6.07) is 11.9. The fraction of sp³-hybridized carbons (Fsp3) is 0.391. The van der Waals surface area contributed by atoms with Crippen LogP contribution in [0.25, 0.3) is 0 Å². The summed E-state index contributed by atoms with van der Waals surface area (Å²) in [5.41, 5.74) is 1.55. The fourth-order valence-electron chi connectivity index (χ4n) is 3.38. The highest BCUT2D eigenvalue weighted by molar-refractivity contribution is 7.80. The lowest BCUT2D eigenvalue weighted by molar-refractivity contribution is 0.0977. The van der Waals surface area contributed by atoms with Crippen LogP contribution in [0, 0.1) is 5.82 Å². The highest BCUT2D eigenvalue weighted by Gasteiger charge is 2.15. The van der Waals surface area contributed by atoms with Crippen molar-refractivity contribution in [2.45, 2.75) is 39.0 Å². The maximum absolute atomic E-state index is 14.6. The molecular weight excluding hydrogens is 401 g/mol. The molecule has 1 aliphatic rings. The first-order valence-electron chi connectivity index (χ1n) is 10.5. The van der Waals surface area contributed by atoms with E-state index >= 15 is 0 Å². The molecule has 30 heavy (non-hydrogen) atoms. The van der Waals surface area contributed by atoms with Crippen molar-refractivity contribution in [1.29, 1.82) is 0 Å². The number of amides is 1. The van der Waals surface area contributed by atoms with Crippen LogP contribution >= 0.6 is 12.2 Å². The molecule has 2 N–H and O–H groups in total. The number of carbonyl (C=O) groups excluding carboxylic acids is 1. The zero-order valence-electron chi connectivity index (χ0n) is 17.2. The van der Waals surface area contributed by atoms with E-state index in [0.717, 1.165) is 38.8 Å². The van der Waals surface area contributed by atoms with Gasteiger partial charge in [0.15, 0.2) is 5.11 Å². The Morgan fingerprint density at radius 3 is 2.70 bits per heavy atom. The van der Waals surface area contributed by atoms with Crippen LogP contribution in [-0.2, 0) is 0 Å². The number of nitrogens with zero attached hydrogens (tertiary/aromatic N) is 1. The molecule has 0 bridgehead atoms. The van der Waals surface area contributed by atoms with Crippen LogP contribution in [0.1, 0.15) is 49.4 Å². The van der Waals surface area contributed by atoms with Gasteiger partial charge in [0, 0.05) is 24.3 Å². The Morgan fingerprint density at radius 2 is 1.97 bits per heavy atom. The molecule has 0 atom stereocenters. The fourth-order valence-corrected chi connectivity index (χ4v) is 3.59. The highest BCUT2D eigenvalue weighted by Crippen LogP contribution is 2.25. The number of rotatable bonds is 7. The van der Waals surface area contributed by atoms with Crippen LogP contribution in [0.4, 0.5) is 15.8 Å². The van der Waals surface area contributed by atoms with E-state index in [1.807, 2.05) is 6.07 Å². The SMILES string of the molecule is CCCCOc1cccc(C(=O)NC(=S)Nc2ccc(N3CCCCC3)c(F)c2)c1. The molecule has 1 aliphatic heterocycles. The molecule has 0 aliphatic carbocycles. The third kappa shape index (κ3) is 6.16. The van der Waals surface area contributed by atoms with Crippen molar-refractivity contribution in [1.82, 2.24) is 5.32 Å². The molecule has 0 aromatic heterocycles. The van der Waals surface area contributed by atoms with E-state index in [0.29, 0.717) is 29.3 Å². The molecule has 1 saturated heterocycles. The Kier molecular flexibility index (Phi) is 8.02. The normalized spacial score (nSPS) is 13.6. The van der Waals surface area contributed by atoms with E-state index in [2.05, 4.69) is 22.5 Å². The van der Waals surface area contributed by atoms with Gasteiger partial charge in [0.1, 0.15) is 11.6 Å². The second-order valence-corrected chi connectivity index (χ2v) is 7.76. The van der Waals surface area contributed by atoms with Crippen molar-refractivity contribution < 1.29 is 13.9 Å². The lowest BCUT2D eigenvalue weighted by atomic mass is 10.1. The van der Waals surface area contributed by atoms with Crippen LogP contribution < -0.4 is 20.3 Å². The molecule has 1 heterocycles. The van der Waals surface area contributed by atoms with E-state index in [1.165, 1.54) is 12.5 Å². The van der Waals surface area contributed by atoms with Crippen molar-refractivity contribution in [3.05, 3.63) is 53.8 Å². The summed E-state index contributed by atoms with van der Waals surface area (Å²) in [7, 11) is 0. The minimum Gasteiger partial charge on any atom is -0.494 e. The lowest BCUT2D eigenvalue weighted by Gasteiger charge is -2.29. The number of nitrogens with one attached hydrogen (secondary N) is 2. The van der Waals surface area contributed by atoms with E-state index in [-0.39, 0.29) is 16.8 Å². The minimum atomic E-state index is -0.348. The maximum Gasteiger partial charge on any atom is 0.257 e. The number of unbranched alkanes of at least 4 members (excludes halogenated alkanes) is 1. The first-order chi connectivity index (χ1) is 14.6. The number of hydrogen-bond donors (Lipinski definition) is 2. The molecule has 0 spiro atoms. The lowest BCUT2D eigenvalue weighted by Crippen LogP contribution is -2.34. The molecule has 2 aromatic carbocycles. The third-order valence-corrected chi connectivity index (χ3v) is 5.20. The van der Waals surface area contributed by atoms with Gasteiger partial charge in [-0.1, -0.05) is 19.4 Å². The van der Waals surface area contributed by atoms with Gasteiger partial charge >= 0.3 is 0 Å². The largest absolute Gasteiger partial charge is 0.494 e. The van der Waals surface area contributed by atoms with Gasteiger partial charge in [0.05, 0.1) is 12.3 Å². The van der Waals surface area contributed by atoms with Crippen LogP contribution in [0.2, 0.25) is 0 Å². The second-order valence-electron chi connectivity index (χ2n) is 7.35. The highest BCUT2D eigenvalue weighted by atomic mass is 32.1. The molecule has 0 radical (unpaired) electrons. The average molecular weight is 430 g/mol. The van der Waals surface area contributed by atoms with E-state index < -0.39 is 0 Å². The van der Waals surface area contributed by atoms with Crippen molar-refractivity contribution in [2.24, 2.45) is 0 Å². The number of hydrogen-bond acceptors (Lipinski definition) is 4. The number of piperidine rings is 1. The molecule has 3 rings (SSSR count). The second kappa shape index (κ2) is 10.9. The summed E-state index contributed by atoms with van der Waals surface area (Å²) in [5.74, 6) is -0.00263. The molecule has 1 fully saturated rings. The molecule has 0 unspecified atom stereocenters. The minimum absolute atomic E-state index is 0.113. The number of benzene rings is 2. The van der Waals surface area contributed by atoms with E-state index in [1.54, 1.807) is 30.3 Å². The van der Waals surface area contributed by atoms with Gasteiger partial charge < -0.3 is 15.0 Å². The molecule has 1 amide bonds. The summed E-state index contributed by atoms with van der Waals surface area (Å²) in [6.07, 6.45) is 5.36. The molecular formula is C23H28FN3O2S. The van der Waals surface area contributed by atoms with Crippen LogP contribution in [-0.4, -0.2) is 30.7 Å². The molecule has 5 nitrogen and oxygen atoms in total. The van der Waals surface area contributed by atoms with Crippen molar-refractivity contribution in [3.63, 3.8) is 0 Å². The number of ether oxygens (including phenoxy) is 1. The monoisotopic (exact) mass is 429 g/mol. The average Bonchev–Trinajstić information content (AvgIpc) is 2.75. The van der Waals surface area contributed by atoms with Gasteiger partial charge in [-0.2, -0.15) is 0 Å². The summed E-state index contributed by atoms with van der Waals surface area (Å²) >= 11 is 5.22. The van der Waals surface area contributed by atoms with Crippen molar-refractivity contribution >= 4 is 34.6 Å². The first kappa shape index (κ1) is 22.0. The topological polar surface area (TPSA) is 53.6 Å². The molecule has 7 heteroatoms. The standard InChI is InChI=1S/C23H28FN3O2S/c1-2-3-14-29-19-9-7-8-17(15-19)22(28)26-23(30)25-18-10-11-21(20(24)16-18)27-12-5-4-6-13-27/h7-11,15-16H,2-6,12-14H2,1H3,(H2,25,26,28,30). The molecule has 160 valence electrons. The predicted octanol–water partition coefficient (Wildman–Crippen LogP) is 5.12. The van der Waals surface area contributed by atoms with Gasteiger partial charge in [0.2, 0.25) is 0 Å². The Balaban J connectivity index is 1.56. The quantitative estimate of drug-likeness (QED) is 0.473. The van der Waals surface area contributed by atoms with Crippen LogP contribution in [0.15, 0.2) is 42.5 Å². The van der Waals surface area contributed by atoms with Gasteiger partial charge in [-0.15, -0.1) is 0 Å². The van der Waals surface area contributed by atoms with E-state index in [4.69, 9.17) is 17.0 Å². The van der Waals surface area contributed by atoms with Crippen molar-refractivity contribution in [2.75, 3.05) is 29.9 Å². The Bertz CT molecular complexity index is 885. The summed E-state index contributed by atoms with van der Waals surface area (Å²) < 4.78 is 20.2. The Labute approximate surface area is 182 Å². The predicted molar refractivity (Wildman–Crippen MR) is 123 cm³/mol. The summed E-state index contributed by atoms with van der Waals surface area (Å²) in [5, 5.41) is 5.62. The number of thiocarbonyl (C=S) groups is 1. The van der Waals surface area contributed by atoms with E-state index in [9.17, 15) is 9.18 Å². The summed E-state index contributed by atoms with van der Waals surface area (Å²) in [6.45, 7) is 4.45. The Morgan fingerprint density at radius 1 is 1.17 bits per heavy atom. The summed E-state index contributed by atoms with van der Waals surface area (Å²) in [4.78, 5) is 14.5. The van der Waals surface area contributed by atoms with Crippen LogP contribution in [0.5, 0.6) is 5.75 Å². The van der Waals surface area contributed by atoms with Crippen molar-refractivity contribution in [3.8, 4) is 5.75 Å².